The minimum absolute atomic E-state index is 0.168. The van der Waals surface area contributed by atoms with E-state index in [1.165, 1.54) is 6.07 Å². The van der Waals surface area contributed by atoms with E-state index in [0.29, 0.717) is 25.5 Å². The van der Waals surface area contributed by atoms with Crippen molar-refractivity contribution in [2.24, 2.45) is 16.6 Å². The number of aliphatic imine (C=N–C) groups is 1. The first-order chi connectivity index (χ1) is 12.8. The van der Waals surface area contributed by atoms with E-state index < -0.39 is 12.8 Å². The fourth-order valence-corrected chi connectivity index (χ4v) is 3.13. The van der Waals surface area contributed by atoms with Gasteiger partial charge in [-0.1, -0.05) is 12.1 Å². The maximum Gasteiger partial charge on any atom is 0.422 e. The number of guanidine groups is 1. The van der Waals surface area contributed by atoms with Gasteiger partial charge in [0.05, 0.1) is 0 Å². The molecule has 0 aliphatic carbocycles. The lowest BCUT2D eigenvalue weighted by atomic mass is 9.95. The van der Waals surface area contributed by atoms with Gasteiger partial charge in [-0.2, -0.15) is 13.2 Å². The highest BCUT2D eigenvalue weighted by atomic mass is 19.4. The fraction of sp³-hybridized carbons (Fsp3) is 0.556. The number of rotatable bonds is 6. The third-order valence-corrected chi connectivity index (χ3v) is 4.27. The number of ether oxygens (including phenoxy) is 1. The molecule has 1 atom stereocenters. The van der Waals surface area contributed by atoms with Crippen molar-refractivity contribution in [1.82, 2.24) is 10.2 Å². The summed E-state index contributed by atoms with van der Waals surface area (Å²) in [6.07, 6.45) is -2.12. The topological polar surface area (TPSA) is 80.0 Å². The number of nitrogens with two attached hydrogens (primary N) is 1. The summed E-state index contributed by atoms with van der Waals surface area (Å²) in [4.78, 5) is 17.5. The van der Waals surface area contributed by atoms with Gasteiger partial charge in [0, 0.05) is 33.1 Å². The Morgan fingerprint density at radius 1 is 1.44 bits per heavy atom. The van der Waals surface area contributed by atoms with Crippen molar-refractivity contribution in [1.29, 1.82) is 0 Å². The number of amides is 1. The molecule has 0 spiro atoms. The van der Waals surface area contributed by atoms with Crippen LogP contribution in [0.2, 0.25) is 0 Å². The molecule has 1 aromatic carbocycles. The van der Waals surface area contributed by atoms with Gasteiger partial charge >= 0.3 is 6.18 Å². The SMILES string of the molecule is CN=C(NCc1cccc(OCC(F)(F)F)c1)N1CCCC(CC(N)=O)C1. The zero-order valence-corrected chi connectivity index (χ0v) is 15.3. The van der Waals surface area contributed by atoms with Gasteiger partial charge in [-0.15, -0.1) is 0 Å². The number of piperidine rings is 1. The number of nitrogens with one attached hydrogen (secondary N) is 1. The van der Waals surface area contributed by atoms with Crippen molar-refractivity contribution in [2.75, 3.05) is 26.7 Å². The Morgan fingerprint density at radius 2 is 2.22 bits per heavy atom. The standard InChI is InChI=1S/C18H25F3N4O2/c1-23-17(25-7-3-5-14(11-25)9-16(22)26)24-10-13-4-2-6-15(8-13)27-12-18(19,20)21/h2,4,6,8,14H,3,5,7,9-12H2,1H3,(H2,22,26)(H,23,24). The van der Waals surface area contributed by atoms with Crippen molar-refractivity contribution in [3.63, 3.8) is 0 Å². The molecular formula is C18H25F3N4O2. The maximum absolute atomic E-state index is 12.3. The fourth-order valence-electron chi connectivity index (χ4n) is 3.13. The van der Waals surface area contributed by atoms with E-state index in [0.717, 1.165) is 24.9 Å². The zero-order chi connectivity index (χ0) is 19.9. The van der Waals surface area contributed by atoms with Crippen molar-refractivity contribution < 1.29 is 22.7 Å². The Labute approximate surface area is 156 Å². The summed E-state index contributed by atoms with van der Waals surface area (Å²) in [5, 5.41) is 3.21. The van der Waals surface area contributed by atoms with Gasteiger partial charge in [-0.25, -0.2) is 0 Å². The first-order valence-corrected chi connectivity index (χ1v) is 8.79. The molecule has 9 heteroatoms. The molecule has 1 fully saturated rings. The quantitative estimate of drug-likeness (QED) is 0.581. The number of alkyl halides is 3. The van der Waals surface area contributed by atoms with Crippen molar-refractivity contribution >= 4 is 11.9 Å². The Morgan fingerprint density at radius 3 is 2.89 bits per heavy atom. The smallest absolute Gasteiger partial charge is 0.422 e. The van der Waals surface area contributed by atoms with Crippen LogP contribution in [0, 0.1) is 5.92 Å². The molecule has 0 radical (unpaired) electrons. The number of halogens is 3. The molecule has 1 amide bonds. The summed E-state index contributed by atoms with van der Waals surface area (Å²) in [6.45, 7) is 0.592. The van der Waals surface area contributed by atoms with Crippen molar-refractivity contribution in [2.45, 2.75) is 32.0 Å². The lowest BCUT2D eigenvalue weighted by Crippen LogP contribution is -2.46. The van der Waals surface area contributed by atoms with Gasteiger partial charge in [0.2, 0.25) is 5.91 Å². The van der Waals surface area contributed by atoms with Crippen molar-refractivity contribution in [3.05, 3.63) is 29.8 Å². The molecule has 6 nitrogen and oxygen atoms in total. The lowest BCUT2D eigenvalue weighted by molar-refractivity contribution is -0.153. The van der Waals surface area contributed by atoms with Crippen LogP contribution in [0.3, 0.4) is 0 Å². The van der Waals surface area contributed by atoms with Crippen molar-refractivity contribution in [3.8, 4) is 5.75 Å². The first kappa shape index (κ1) is 20.9. The minimum Gasteiger partial charge on any atom is -0.484 e. The average Bonchev–Trinajstić information content (AvgIpc) is 2.60. The van der Waals surface area contributed by atoms with E-state index in [4.69, 9.17) is 10.5 Å². The second kappa shape index (κ2) is 9.48. The van der Waals surface area contributed by atoms with Gasteiger partial charge in [-0.3, -0.25) is 9.79 Å². The summed E-state index contributed by atoms with van der Waals surface area (Å²) in [6, 6.07) is 6.50. The number of hydrogen-bond acceptors (Lipinski definition) is 3. The molecule has 1 aliphatic heterocycles. The third kappa shape index (κ3) is 7.36. The second-order valence-electron chi connectivity index (χ2n) is 6.58. The summed E-state index contributed by atoms with van der Waals surface area (Å²) in [7, 11) is 1.67. The van der Waals surface area contributed by atoms with Crippen LogP contribution in [0.25, 0.3) is 0 Å². The molecule has 1 saturated heterocycles. The summed E-state index contributed by atoms with van der Waals surface area (Å²) in [5.74, 6) is 0.751. The molecule has 1 aliphatic rings. The Hall–Kier alpha value is -2.45. The van der Waals surface area contributed by atoms with Crippen LogP contribution in [0.4, 0.5) is 13.2 Å². The summed E-state index contributed by atoms with van der Waals surface area (Å²) >= 11 is 0. The lowest BCUT2D eigenvalue weighted by Gasteiger charge is -2.34. The van der Waals surface area contributed by atoms with Gasteiger partial charge in [0.25, 0.3) is 0 Å². The number of likely N-dealkylation sites (tertiary alicyclic amines) is 1. The predicted octanol–water partition coefficient (Wildman–Crippen LogP) is 2.29. The van der Waals surface area contributed by atoms with E-state index >= 15 is 0 Å². The molecule has 150 valence electrons. The van der Waals surface area contributed by atoms with Crippen LogP contribution < -0.4 is 15.8 Å². The van der Waals surface area contributed by atoms with Crippen LogP contribution in [-0.4, -0.2) is 49.7 Å². The largest absolute Gasteiger partial charge is 0.484 e. The Kier molecular flexibility index (Phi) is 7.32. The molecule has 0 bridgehead atoms. The number of carbonyl (C=O) groups excluding carboxylic acids is 1. The van der Waals surface area contributed by atoms with E-state index in [-0.39, 0.29) is 17.6 Å². The Bertz CT molecular complexity index is 664. The molecule has 0 saturated carbocycles. The number of benzene rings is 1. The van der Waals surface area contributed by atoms with Crippen LogP contribution in [0.15, 0.2) is 29.3 Å². The number of nitrogens with zero attached hydrogens (tertiary/aromatic N) is 2. The Balaban J connectivity index is 1.91. The van der Waals surface area contributed by atoms with E-state index in [1.54, 1.807) is 25.2 Å². The van der Waals surface area contributed by atoms with Gasteiger partial charge in [0.15, 0.2) is 12.6 Å². The highest BCUT2D eigenvalue weighted by Gasteiger charge is 2.28. The number of hydrogen-bond donors (Lipinski definition) is 2. The summed E-state index contributed by atoms with van der Waals surface area (Å²) < 4.78 is 41.6. The molecule has 2 rings (SSSR count). The van der Waals surface area contributed by atoms with Gasteiger partial charge in [-0.05, 0) is 36.5 Å². The molecular weight excluding hydrogens is 361 g/mol. The molecule has 1 unspecified atom stereocenters. The van der Waals surface area contributed by atoms with Crippen LogP contribution in [0.1, 0.15) is 24.8 Å². The van der Waals surface area contributed by atoms with E-state index in [9.17, 15) is 18.0 Å². The predicted molar refractivity (Wildman–Crippen MR) is 96.3 cm³/mol. The maximum atomic E-state index is 12.3. The molecule has 1 heterocycles. The van der Waals surface area contributed by atoms with Crippen LogP contribution in [0.5, 0.6) is 5.75 Å². The molecule has 3 N–H and O–H groups in total. The average molecular weight is 386 g/mol. The second-order valence-corrected chi connectivity index (χ2v) is 6.58. The van der Waals surface area contributed by atoms with E-state index in [1.807, 2.05) is 0 Å². The normalized spacial score (nSPS) is 18.3. The van der Waals surface area contributed by atoms with Gasteiger partial charge in [0.1, 0.15) is 5.75 Å². The monoisotopic (exact) mass is 386 g/mol. The van der Waals surface area contributed by atoms with Crippen LogP contribution >= 0.6 is 0 Å². The highest BCUT2D eigenvalue weighted by Crippen LogP contribution is 2.21. The van der Waals surface area contributed by atoms with Crippen LogP contribution in [-0.2, 0) is 11.3 Å². The van der Waals surface area contributed by atoms with Gasteiger partial charge < -0.3 is 20.7 Å². The third-order valence-electron chi connectivity index (χ3n) is 4.27. The zero-order valence-electron chi connectivity index (χ0n) is 15.3. The molecule has 0 aromatic heterocycles. The number of carbonyl (C=O) groups is 1. The molecule has 1 aromatic rings. The van der Waals surface area contributed by atoms with E-state index in [2.05, 4.69) is 15.2 Å². The minimum atomic E-state index is -4.37. The molecule has 27 heavy (non-hydrogen) atoms. The summed E-state index contributed by atoms with van der Waals surface area (Å²) in [5.41, 5.74) is 6.07. The highest BCUT2D eigenvalue weighted by molar-refractivity contribution is 5.80. The number of primary amides is 1. The first-order valence-electron chi connectivity index (χ1n) is 8.79.